The third-order valence-corrected chi connectivity index (χ3v) is 4.56. The van der Waals surface area contributed by atoms with Crippen molar-refractivity contribution < 1.29 is 4.79 Å². The fourth-order valence-corrected chi connectivity index (χ4v) is 3.21. The summed E-state index contributed by atoms with van der Waals surface area (Å²) in [5.41, 5.74) is 2.60. The molecule has 0 aliphatic carbocycles. The van der Waals surface area contributed by atoms with E-state index in [0.29, 0.717) is 12.3 Å². The van der Waals surface area contributed by atoms with Gasteiger partial charge in [0.25, 0.3) is 0 Å². The quantitative estimate of drug-likeness (QED) is 0.922. The molecule has 1 amide bonds. The lowest BCUT2D eigenvalue weighted by Crippen LogP contribution is -2.49. The molecule has 4 heteroatoms. The maximum absolute atomic E-state index is 11.9. The number of benzene rings is 1. The van der Waals surface area contributed by atoms with Gasteiger partial charge in [0.05, 0.1) is 0 Å². The van der Waals surface area contributed by atoms with Gasteiger partial charge in [-0.2, -0.15) is 0 Å². The van der Waals surface area contributed by atoms with Crippen molar-refractivity contribution in [3.8, 4) is 0 Å². The Balaban J connectivity index is 1.50. The molecule has 3 rings (SSSR count). The molecule has 118 valence electrons. The van der Waals surface area contributed by atoms with E-state index >= 15 is 0 Å². The van der Waals surface area contributed by atoms with Crippen molar-refractivity contribution in [3.63, 3.8) is 0 Å². The Kier molecular flexibility index (Phi) is 4.78. The van der Waals surface area contributed by atoms with Crippen molar-refractivity contribution >= 4 is 16.8 Å². The van der Waals surface area contributed by atoms with E-state index in [1.54, 1.807) is 0 Å². The molecule has 4 nitrogen and oxygen atoms in total. The van der Waals surface area contributed by atoms with Crippen LogP contribution in [-0.4, -0.2) is 53.4 Å². The van der Waals surface area contributed by atoms with E-state index in [0.717, 1.165) is 45.6 Å². The molecule has 1 aliphatic heterocycles. The van der Waals surface area contributed by atoms with Crippen LogP contribution in [0.3, 0.4) is 0 Å². The maximum Gasteiger partial charge on any atom is 0.222 e. The zero-order valence-corrected chi connectivity index (χ0v) is 13.3. The minimum Gasteiger partial charge on any atom is -0.361 e. The highest BCUT2D eigenvalue weighted by molar-refractivity contribution is 5.83. The zero-order chi connectivity index (χ0) is 15.4. The SMILES string of the molecule is CCCC(=O)N1CCN(CCc2c[nH]c3ccccc23)CC1. The first-order chi connectivity index (χ1) is 10.8. The van der Waals surface area contributed by atoms with Crippen LogP contribution in [0.15, 0.2) is 30.5 Å². The number of para-hydroxylation sites is 1. The molecule has 1 aliphatic rings. The highest BCUT2D eigenvalue weighted by Gasteiger charge is 2.20. The smallest absolute Gasteiger partial charge is 0.222 e. The van der Waals surface area contributed by atoms with E-state index in [1.165, 1.54) is 16.5 Å². The number of hydrogen-bond donors (Lipinski definition) is 1. The Hall–Kier alpha value is -1.81. The van der Waals surface area contributed by atoms with Crippen molar-refractivity contribution in [2.45, 2.75) is 26.2 Å². The maximum atomic E-state index is 11.9. The lowest BCUT2D eigenvalue weighted by Gasteiger charge is -2.34. The molecule has 2 heterocycles. The van der Waals surface area contributed by atoms with Gasteiger partial charge in [0, 0.05) is 56.2 Å². The third-order valence-electron chi connectivity index (χ3n) is 4.56. The molecule has 0 unspecified atom stereocenters. The van der Waals surface area contributed by atoms with Crippen LogP contribution in [0.25, 0.3) is 10.9 Å². The van der Waals surface area contributed by atoms with Crippen LogP contribution in [0.1, 0.15) is 25.3 Å². The van der Waals surface area contributed by atoms with Crippen molar-refractivity contribution in [2.75, 3.05) is 32.7 Å². The minimum absolute atomic E-state index is 0.318. The summed E-state index contributed by atoms with van der Waals surface area (Å²) in [5.74, 6) is 0.318. The van der Waals surface area contributed by atoms with Gasteiger partial charge in [-0.05, 0) is 24.5 Å². The summed E-state index contributed by atoms with van der Waals surface area (Å²) < 4.78 is 0. The molecule has 0 radical (unpaired) electrons. The Morgan fingerprint density at radius 1 is 1.18 bits per heavy atom. The molecule has 1 N–H and O–H groups in total. The molecule has 2 aromatic rings. The largest absolute Gasteiger partial charge is 0.361 e. The number of hydrogen-bond acceptors (Lipinski definition) is 2. The van der Waals surface area contributed by atoms with E-state index in [2.05, 4.69) is 47.3 Å². The molecule has 0 atom stereocenters. The van der Waals surface area contributed by atoms with Gasteiger partial charge >= 0.3 is 0 Å². The summed E-state index contributed by atoms with van der Waals surface area (Å²) >= 11 is 0. The monoisotopic (exact) mass is 299 g/mol. The number of nitrogens with one attached hydrogen (secondary N) is 1. The first kappa shape index (κ1) is 15.1. The fraction of sp³-hybridized carbons (Fsp3) is 0.500. The summed E-state index contributed by atoms with van der Waals surface area (Å²) in [6.07, 6.45) is 4.83. The second-order valence-electron chi connectivity index (χ2n) is 6.08. The van der Waals surface area contributed by atoms with E-state index < -0.39 is 0 Å². The Morgan fingerprint density at radius 3 is 2.73 bits per heavy atom. The van der Waals surface area contributed by atoms with E-state index in [1.807, 2.05) is 4.90 Å². The highest BCUT2D eigenvalue weighted by Crippen LogP contribution is 2.18. The van der Waals surface area contributed by atoms with Gasteiger partial charge in [0.2, 0.25) is 5.91 Å². The topological polar surface area (TPSA) is 39.3 Å². The molecule has 22 heavy (non-hydrogen) atoms. The molecule has 1 fully saturated rings. The van der Waals surface area contributed by atoms with Crippen LogP contribution in [0.5, 0.6) is 0 Å². The van der Waals surface area contributed by atoms with Crippen LogP contribution in [-0.2, 0) is 11.2 Å². The van der Waals surface area contributed by atoms with Crippen LogP contribution in [0.4, 0.5) is 0 Å². The number of piperazine rings is 1. The van der Waals surface area contributed by atoms with Gasteiger partial charge in [-0.15, -0.1) is 0 Å². The molecule has 1 aromatic carbocycles. The Morgan fingerprint density at radius 2 is 1.95 bits per heavy atom. The van der Waals surface area contributed by atoms with Crippen LogP contribution >= 0.6 is 0 Å². The van der Waals surface area contributed by atoms with Crippen LogP contribution in [0, 0.1) is 0 Å². The molecular weight excluding hydrogens is 274 g/mol. The van der Waals surface area contributed by atoms with Gasteiger partial charge in [0.1, 0.15) is 0 Å². The van der Waals surface area contributed by atoms with Crippen molar-refractivity contribution in [2.24, 2.45) is 0 Å². The summed E-state index contributed by atoms with van der Waals surface area (Å²) in [5, 5.41) is 1.33. The second kappa shape index (κ2) is 6.97. The average Bonchev–Trinajstić information content (AvgIpc) is 2.97. The van der Waals surface area contributed by atoms with Gasteiger partial charge < -0.3 is 9.88 Å². The first-order valence-electron chi connectivity index (χ1n) is 8.33. The fourth-order valence-electron chi connectivity index (χ4n) is 3.21. The summed E-state index contributed by atoms with van der Waals surface area (Å²) in [4.78, 5) is 19.7. The normalized spacial score (nSPS) is 16.3. The van der Waals surface area contributed by atoms with Crippen LogP contribution < -0.4 is 0 Å². The zero-order valence-electron chi connectivity index (χ0n) is 13.3. The predicted molar refractivity (Wildman–Crippen MR) is 89.9 cm³/mol. The number of aromatic nitrogens is 1. The number of carbonyl (C=O) groups is 1. The van der Waals surface area contributed by atoms with Crippen LogP contribution in [0.2, 0.25) is 0 Å². The number of carbonyl (C=O) groups excluding carboxylic acids is 1. The average molecular weight is 299 g/mol. The van der Waals surface area contributed by atoms with Gasteiger partial charge in [-0.1, -0.05) is 25.1 Å². The van der Waals surface area contributed by atoms with E-state index in [9.17, 15) is 4.79 Å². The summed E-state index contributed by atoms with van der Waals surface area (Å²) in [6, 6.07) is 8.46. The molecule has 1 aromatic heterocycles. The standard InChI is InChI=1S/C18H25N3O/c1-2-5-18(22)21-12-10-20(11-13-21)9-8-15-14-19-17-7-4-3-6-16(15)17/h3-4,6-7,14,19H,2,5,8-13H2,1H3. The highest BCUT2D eigenvalue weighted by atomic mass is 16.2. The van der Waals surface area contributed by atoms with E-state index in [-0.39, 0.29) is 0 Å². The lowest BCUT2D eigenvalue weighted by atomic mass is 10.1. The number of nitrogens with zero attached hydrogens (tertiary/aromatic N) is 2. The Labute approximate surface area is 132 Å². The van der Waals surface area contributed by atoms with Gasteiger partial charge in [-0.25, -0.2) is 0 Å². The molecule has 0 saturated carbocycles. The van der Waals surface area contributed by atoms with Gasteiger partial charge in [0.15, 0.2) is 0 Å². The molecular formula is C18H25N3O. The minimum atomic E-state index is 0.318. The van der Waals surface area contributed by atoms with E-state index in [4.69, 9.17) is 0 Å². The summed E-state index contributed by atoms with van der Waals surface area (Å²) in [7, 11) is 0. The molecule has 0 bridgehead atoms. The molecule has 1 saturated heterocycles. The first-order valence-corrected chi connectivity index (χ1v) is 8.33. The Bertz CT molecular complexity index is 626. The summed E-state index contributed by atoms with van der Waals surface area (Å²) in [6.45, 7) is 6.89. The van der Waals surface area contributed by atoms with Crippen molar-refractivity contribution in [1.29, 1.82) is 0 Å². The second-order valence-corrected chi connectivity index (χ2v) is 6.08. The number of amides is 1. The van der Waals surface area contributed by atoms with Crippen molar-refractivity contribution in [1.82, 2.24) is 14.8 Å². The third kappa shape index (κ3) is 3.33. The number of H-pyrrole nitrogens is 1. The van der Waals surface area contributed by atoms with Gasteiger partial charge in [-0.3, -0.25) is 9.69 Å². The number of rotatable bonds is 5. The number of fused-ring (bicyclic) bond motifs is 1. The lowest BCUT2D eigenvalue weighted by molar-refractivity contribution is -0.132. The molecule has 0 spiro atoms. The predicted octanol–water partition coefficient (Wildman–Crippen LogP) is 2.65. The number of aromatic amines is 1. The van der Waals surface area contributed by atoms with Crippen molar-refractivity contribution in [3.05, 3.63) is 36.0 Å².